The van der Waals surface area contributed by atoms with Crippen LogP contribution in [-0.2, 0) is 22.0 Å². The van der Waals surface area contributed by atoms with Gasteiger partial charge in [0.05, 0.1) is 11.4 Å². The molecular weight excluding hydrogens is 292 g/mol. The van der Waals surface area contributed by atoms with E-state index in [0.29, 0.717) is 31.1 Å². The number of sulfone groups is 1. The molecule has 1 aliphatic rings. The average Bonchev–Trinajstić information content (AvgIpc) is 2.73. The van der Waals surface area contributed by atoms with Crippen LogP contribution in [0.4, 0.5) is 0 Å². The van der Waals surface area contributed by atoms with Gasteiger partial charge in [0.2, 0.25) is 5.89 Å². The van der Waals surface area contributed by atoms with E-state index in [9.17, 15) is 13.5 Å². The zero-order valence-corrected chi connectivity index (χ0v) is 13.5. The Bertz CT molecular complexity index is 559. The zero-order chi connectivity index (χ0) is 15.5. The lowest BCUT2D eigenvalue weighted by Gasteiger charge is -2.31. The van der Waals surface area contributed by atoms with Crippen LogP contribution in [0.15, 0.2) is 4.52 Å². The minimum absolute atomic E-state index is 0.185. The van der Waals surface area contributed by atoms with Crippen molar-refractivity contribution in [2.75, 3.05) is 5.75 Å². The molecule has 0 atom stereocenters. The maximum Gasteiger partial charge on any atom is 0.226 e. The molecule has 0 bridgehead atoms. The normalized spacial score (nSPS) is 19.0. The van der Waals surface area contributed by atoms with Gasteiger partial charge in [-0.25, -0.2) is 8.42 Å². The predicted octanol–water partition coefficient (Wildman–Crippen LogP) is 1.88. The van der Waals surface area contributed by atoms with Crippen LogP contribution in [0, 0.1) is 5.92 Å². The Kier molecular flexibility index (Phi) is 5.03. The molecule has 1 aliphatic carbocycles. The van der Waals surface area contributed by atoms with Crippen LogP contribution in [-0.4, -0.2) is 35.0 Å². The average molecular weight is 316 g/mol. The number of aromatic nitrogens is 2. The number of nitrogens with zero attached hydrogens (tertiary/aromatic N) is 2. The van der Waals surface area contributed by atoms with Crippen LogP contribution in [0.2, 0.25) is 0 Å². The smallest absolute Gasteiger partial charge is 0.226 e. The van der Waals surface area contributed by atoms with Gasteiger partial charge in [-0.2, -0.15) is 4.98 Å². The quantitative estimate of drug-likeness (QED) is 0.861. The topological polar surface area (TPSA) is 93.3 Å². The molecule has 0 radical (unpaired) electrons. The van der Waals surface area contributed by atoms with Crippen LogP contribution >= 0.6 is 0 Å². The molecule has 21 heavy (non-hydrogen) atoms. The van der Waals surface area contributed by atoms with Crippen LogP contribution < -0.4 is 0 Å². The summed E-state index contributed by atoms with van der Waals surface area (Å²) in [5.41, 5.74) is -1.08. The largest absolute Gasteiger partial charge is 0.389 e. The minimum atomic E-state index is -3.44. The van der Waals surface area contributed by atoms with Gasteiger partial charge < -0.3 is 9.63 Å². The summed E-state index contributed by atoms with van der Waals surface area (Å²) in [5, 5.41) is 14.1. The van der Waals surface area contributed by atoms with Crippen molar-refractivity contribution < 1.29 is 18.0 Å². The van der Waals surface area contributed by atoms with Gasteiger partial charge in [0.1, 0.15) is 5.75 Å². The van der Waals surface area contributed by atoms with E-state index < -0.39 is 15.4 Å². The van der Waals surface area contributed by atoms with Crippen LogP contribution in [0.1, 0.15) is 57.7 Å². The highest BCUT2D eigenvalue weighted by Crippen LogP contribution is 2.29. The number of hydrogen-bond donors (Lipinski definition) is 1. The maximum atomic E-state index is 12.2. The summed E-state index contributed by atoms with van der Waals surface area (Å²) in [4.78, 5) is 4.11. The summed E-state index contributed by atoms with van der Waals surface area (Å²) in [7, 11) is -3.44. The van der Waals surface area contributed by atoms with Crippen molar-refractivity contribution in [3.63, 3.8) is 0 Å². The molecular formula is C14H24N2O4S. The van der Waals surface area contributed by atoms with E-state index in [0.717, 1.165) is 19.3 Å². The Morgan fingerprint density at radius 3 is 2.57 bits per heavy atom. The molecule has 7 heteroatoms. The number of hydrogen-bond acceptors (Lipinski definition) is 6. The lowest BCUT2D eigenvalue weighted by atomic mass is 9.86. The molecule has 0 aromatic carbocycles. The van der Waals surface area contributed by atoms with Gasteiger partial charge >= 0.3 is 0 Å². The van der Waals surface area contributed by atoms with Gasteiger partial charge in [-0.05, 0) is 18.8 Å². The highest BCUT2D eigenvalue weighted by Gasteiger charge is 2.35. The van der Waals surface area contributed by atoms with Crippen LogP contribution in [0.3, 0.4) is 0 Å². The molecule has 0 amide bonds. The fourth-order valence-corrected chi connectivity index (χ4v) is 4.51. The van der Waals surface area contributed by atoms with Crippen LogP contribution in [0.5, 0.6) is 0 Å². The molecule has 1 heterocycles. The molecule has 6 nitrogen and oxygen atoms in total. The molecule has 1 aromatic rings. The first-order valence-electron chi connectivity index (χ1n) is 7.52. The molecule has 120 valence electrons. The lowest BCUT2D eigenvalue weighted by molar-refractivity contribution is 0.0257. The Morgan fingerprint density at radius 2 is 1.95 bits per heavy atom. The standard InChI is InChI=1S/C14H24N2O4S/c1-11(2)8-13-15-12(16-20-13)9-21(18,19)10-14(17)6-4-3-5-7-14/h11,17H,3-10H2,1-2H3. The molecule has 0 saturated heterocycles. The van der Waals surface area contributed by atoms with E-state index in [1.54, 1.807) is 0 Å². The van der Waals surface area contributed by atoms with Crippen molar-refractivity contribution in [3.05, 3.63) is 11.7 Å². The van der Waals surface area contributed by atoms with Crippen molar-refractivity contribution >= 4 is 9.84 Å². The monoisotopic (exact) mass is 316 g/mol. The molecule has 2 rings (SSSR count). The van der Waals surface area contributed by atoms with Crippen molar-refractivity contribution in [2.24, 2.45) is 5.92 Å². The van der Waals surface area contributed by atoms with Gasteiger partial charge in [0.15, 0.2) is 15.7 Å². The fraction of sp³-hybridized carbons (Fsp3) is 0.857. The Hall–Kier alpha value is -0.950. The Labute approximate surface area is 125 Å². The van der Waals surface area contributed by atoms with Crippen molar-refractivity contribution in [3.8, 4) is 0 Å². The highest BCUT2D eigenvalue weighted by atomic mass is 32.2. The molecule has 1 saturated carbocycles. The summed E-state index contributed by atoms with van der Waals surface area (Å²) in [6.45, 7) is 4.05. The third-order valence-corrected chi connectivity index (χ3v) is 5.39. The van der Waals surface area contributed by atoms with E-state index in [-0.39, 0.29) is 17.3 Å². The third-order valence-electron chi connectivity index (χ3n) is 3.71. The SMILES string of the molecule is CC(C)Cc1nc(CS(=O)(=O)CC2(O)CCCCC2)no1. The van der Waals surface area contributed by atoms with Gasteiger partial charge in [0, 0.05) is 6.42 Å². The molecule has 1 aromatic heterocycles. The second kappa shape index (κ2) is 6.44. The second-order valence-corrected chi connectivity index (χ2v) is 8.58. The van der Waals surface area contributed by atoms with E-state index in [4.69, 9.17) is 4.52 Å². The third kappa shape index (κ3) is 5.07. The first-order valence-corrected chi connectivity index (χ1v) is 9.34. The molecule has 0 aliphatic heterocycles. The Balaban J connectivity index is 1.98. The zero-order valence-electron chi connectivity index (χ0n) is 12.7. The first-order chi connectivity index (χ1) is 9.78. The number of aliphatic hydroxyl groups is 1. The molecule has 1 N–H and O–H groups in total. The lowest BCUT2D eigenvalue weighted by Crippen LogP contribution is -2.39. The summed E-state index contributed by atoms with van der Waals surface area (Å²) < 4.78 is 29.5. The van der Waals surface area contributed by atoms with Gasteiger partial charge in [-0.1, -0.05) is 38.3 Å². The van der Waals surface area contributed by atoms with Crippen LogP contribution in [0.25, 0.3) is 0 Å². The minimum Gasteiger partial charge on any atom is -0.389 e. The van der Waals surface area contributed by atoms with E-state index in [2.05, 4.69) is 10.1 Å². The summed E-state index contributed by atoms with van der Waals surface area (Å²) >= 11 is 0. The Morgan fingerprint density at radius 1 is 1.29 bits per heavy atom. The number of rotatable bonds is 6. The van der Waals surface area contributed by atoms with E-state index in [1.165, 1.54) is 0 Å². The maximum absolute atomic E-state index is 12.2. The van der Waals surface area contributed by atoms with E-state index in [1.807, 2.05) is 13.8 Å². The summed E-state index contributed by atoms with van der Waals surface area (Å²) in [5.74, 6) is 0.541. The van der Waals surface area contributed by atoms with Crippen molar-refractivity contribution in [1.29, 1.82) is 0 Å². The molecule has 1 fully saturated rings. The molecule has 0 spiro atoms. The van der Waals surface area contributed by atoms with Crippen molar-refractivity contribution in [1.82, 2.24) is 10.1 Å². The predicted molar refractivity (Wildman–Crippen MR) is 78.4 cm³/mol. The molecule has 0 unspecified atom stereocenters. The summed E-state index contributed by atoms with van der Waals surface area (Å²) in [6, 6.07) is 0. The fourth-order valence-electron chi connectivity index (χ4n) is 2.79. The summed E-state index contributed by atoms with van der Waals surface area (Å²) in [6.07, 6.45) is 4.57. The van der Waals surface area contributed by atoms with Gasteiger partial charge in [-0.3, -0.25) is 0 Å². The van der Waals surface area contributed by atoms with Gasteiger partial charge in [0.25, 0.3) is 0 Å². The second-order valence-electron chi connectivity index (χ2n) is 6.52. The van der Waals surface area contributed by atoms with E-state index >= 15 is 0 Å². The highest BCUT2D eigenvalue weighted by molar-refractivity contribution is 7.90. The van der Waals surface area contributed by atoms with Gasteiger partial charge in [-0.15, -0.1) is 0 Å². The van der Waals surface area contributed by atoms with Crippen molar-refractivity contribution in [2.45, 2.75) is 63.7 Å². The first kappa shape index (κ1) is 16.4.